The van der Waals surface area contributed by atoms with Crippen molar-refractivity contribution in [2.24, 2.45) is 0 Å². The highest BCUT2D eigenvalue weighted by Gasteiger charge is 2.30. The third kappa shape index (κ3) is 4.15. The highest BCUT2D eigenvalue weighted by Crippen LogP contribution is 2.23. The van der Waals surface area contributed by atoms with Crippen LogP contribution in [0.5, 0.6) is 0 Å². The third-order valence-corrected chi connectivity index (χ3v) is 7.06. The molecule has 0 aliphatic rings. The summed E-state index contributed by atoms with van der Waals surface area (Å²) in [6, 6.07) is 7.50. The highest BCUT2D eigenvalue weighted by molar-refractivity contribution is 7.92. The second-order valence-corrected chi connectivity index (χ2v) is 9.70. The summed E-state index contributed by atoms with van der Waals surface area (Å²) in [7, 11) is -6.08. The highest BCUT2D eigenvalue weighted by atomic mass is 35.5. The topological polar surface area (TPSA) is 114 Å². The van der Waals surface area contributed by atoms with Crippen LogP contribution in [0.4, 0.5) is 0 Å². The minimum atomic E-state index is -4.53. The molecule has 2 aromatic rings. The second kappa shape index (κ2) is 7.49. The van der Waals surface area contributed by atoms with Gasteiger partial charge in [-0.15, -0.1) is 0 Å². The van der Waals surface area contributed by atoms with Crippen molar-refractivity contribution >= 4 is 49.2 Å². The molecule has 0 saturated carbocycles. The SMILES string of the molecule is CN(C)S(=O)(=O)c1ccccc1S(=O)(=O)NC(=O)c1nc(Cl)ccc1Cl. The van der Waals surface area contributed by atoms with E-state index in [0.717, 1.165) is 16.4 Å². The fourth-order valence-corrected chi connectivity index (χ4v) is 4.88. The van der Waals surface area contributed by atoms with Crippen LogP contribution in [-0.4, -0.2) is 46.1 Å². The molecular weight excluding hydrogens is 425 g/mol. The standard InChI is InChI=1S/C14H13Cl2N3O5S2/c1-19(2)26(23,24)11-6-4-3-5-10(11)25(21,22)18-14(20)13-9(15)7-8-12(16)17-13/h3-8H,1-2H3,(H,18,20). The monoisotopic (exact) mass is 437 g/mol. The number of nitrogens with zero attached hydrogens (tertiary/aromatic N) is 2. The minimum absolute atomic E-state index is 0.0625. The maximum Gasteiger partial charge on any atom is 0.285 e. The Morgan fingerprint density at radius 3 is 2.15 bits per heavy atom. The number of halogens is 2. The Morgan fingerprint density at radius 1 is 1.00 bits per heavy atom. The maximum atomic E-state index is 12.6. The van der Waals surface area contributed by atoms with Crippen LogP contribution in [0.3, 0.4) is 0 Å². The molecule has 1 aromatic carbocycles. The first-order chi connectivity index (χ1) is 12.0. The van der Waals surface area contributed by atoms with Crippen molar-refractivity contribution in [3.63, 3.8) is 0 Å². The number of nitrogens with one attached hydrogen (secondary N) is 1. The van der Waals surface area contributed by atoms with E-state index in [-0.39, 0.29) is 10.2 Å². The molecule has 2 rings (SSSR count). The van der Waals surface area contributed by atoms with Gasteiger partial charge in [-0.25, -0.2) is 30.8 Å². The number of hydrogen-bond donors (Lipinski definition) is 1. The number of carbonyl (C=O) groups excluding carboxylic acids is 1. The molecule has 0 aliphatic heterocycles. The summed E-state index contributed by atoms with van der Waals surface area (Å²) in [6.07, 6.45) is 0. The van der Waals surface area contributed by atoms with Crippen molar-refractivity contribution < 1.29 is 21.6 Å². The number of hydrogen-bond acceptors (Lipinski definition) is 6. The quantitative estimate of drug-likeness (QED) is 0.712. The van der Waals surface area contributed by atoms with Crippen LogP contribution in [0.2, 0.25) is 10.2 Å². The molecular formula is C14H13Cl2N3O5S2. The normalized spacial score (nSPS) is 12.2. The van der Waals surface area contributed by atoms with Crippen molar-refractivity contribution in [3.05, 3.63) is 52.3 Å². The first kappa shape index (κ1) is 20.6. The number of aromatic nitrogens is 1. The van der Waals surface area contributed by atoms with E-state index < -0.39 is 41.4 Å². The predicted molar refractivity (Wildman–Crippen MR) is 96.2 cm³/mol. The van der Waals surface area contributed by atoms with Gasteiger partial charge in [0.05, 0.1) is 5.02 Å². The smallest absolute Gasteiger partial charge is 0.266 e. The Hall–Kier alpha value is -1.72. The zero-order chi connectivity index (χ0) is 19.7. The summed E-state index contributed by atoms with van der Waals surface area (Å²) < 4.78 is 52.5. The molecule has 0 radical (unpaired) electrons. The van der Waals surface area contributed by atoms with E-state index in [1.54, 1.807) is 4.72 Å². The molecule has 0 atom stereocenters. The Labute approximate surface area is 160 Å². The van der Waals surface area contributed by atoms with Crippen LogP contribution < -0.4 is 4.72 Å². The van der Waals surface area contributed by atoms with E-state index in [1.165, 1.54) is 38.4 Å². The Kier molecular flexibility index (Phi) is 5.93. The fraction of sp³-hybridized carbons (Fsp3) is 0.143. The minimum Gasteiger partial charge on any atom is -0.266 e. The van der Waals surface area contributed by atoms with Crippen LogP contribution >= 0.6 is 23.2 Å². The van der Waals surface area contributed by atoms with Gasteiger partial charge in [-0.1, -0.05) is 35.3 Å². The van der Waals surface area contributed by atoms with Gasteiger partial charge in [0.15, 0.2) is 0 Å². The fourth-order valence-electron chi connectivity index (χ4n) is 1.88. The van der Waals surface area contributed by atoms with Crippen molar-refractivity contribution in [3.8, 4) is 0 Å². The first-order valence-electron chi connectivity index (χ1n) is 6.87. The van der Waals surface area contributed by atoms with E-state index in [9.17, 15) is 21.6 Å². The molecule has 0 saturated heterocycles. The summed E-state index contributed by atoms with van der Waals surface area (Å²) in [5.41, 5.74) is -0.407. The lowest BCUT2D eigenvalue weighted by atomic mass is 10.3. The maximum absolute atomic E-state index is 12.6. The summed E-state index contributed by atoms with van der Waals surface area (Å²) >= 11 is 11.5. The van der Waals surface area contributed by atoms with Crippen molar-refractivity contribution in [2.75, 3.05) is 14.1 Å². The summed E-state index contributed by atoms with van der Waals surface area (Å²) in [4.78, 5) is 14.9. The second-order valence-electron chi connectivity index (χ2n) is 5.13. The molecule has 1 amide bonds. The van der Waals surface area contributed by atoms with E-state index in [2.05, 4.69) is 4.98 Å². The van der Waals surface area contributed by atoms with Gasteiger partial charge < -0.3 is 0 Å². The average Bonchev–Trinajstić information content (AvgIpc) is 2.56. The number of carbonyl (C=O) groups is 1. The van der Waals surface area contributed by atoms with Gasteiger partial charge in [-0.3, -0.25) is 4.79 Å². The average molecular weight is 438 g/mol. The van der Waals surface area contributed by atoms with E-state index >= 15 is 0 Å². The zero-order valence-corrected chi connectivity index (χ0v) is 16.6. The van der Waals surface area contributed by atoms with E-state index in [0.29, 0.717) is 0 Å². The van der Waals surface area contributed by atoms with Crippen LogP contribution in [0.15, 0.2) is 46.2 Å². The zero-order valence-electron chi connectivity index (χ0n) is 13.5. The van der Waals surface area contributed by atoms with Gasteiger partial charge in [-0.2, -0.15) is 0 Å². The molecule has 0 fully saturated rings. The largest absolute Gasteiger partial charge is 0.285 e. The van der Waals surface area contributed by atoms with Gasteiger partial charge in [-0.05, 0) is 24.3 Å². The van der Waals surface area contributed by atoms with Crippen molar-refractivity contribution in [2.45, 2.75) is 9.79 Å². The van der Waals surface area contributed by atoms with Crippen LogP contribution in [0.25, 0.3) is 0 Å². The number of pyridine rings is 1. The lowest BCUT2D eigenvalue weighted by Crippen LogP contribution is -2.33. The molecule has 8 nitrogen and oxygen atoms in total. The molecule has 140 valence electrons. The molecule has 1 aromatic heterocycles. The predicted octanol–water partition coefficient (Wildman–Crippen LogP) is 1.76. The third-order valence-electron chi connectivity index (χ3n) is 3.15. The Bertz CT molecular complexity index is 1070. The van der Waals surface area contributed by atoms with Crippen LogP contribution in [0, 0.1) is 0 Å². The van der Waals surface area contributed by atoms with Gasteiger partial charge in [0.1, 0.15) is 20.6 Å². The Morgan fingerprint density at radius 2 is 1.58 bits per heavy atom. The number of amides is 1. The number of sulfonamides is 2. The van der Waals surface area contributed by atoms with Crippen LogP contribution in [0.1, 0.15) is 10.5 Å². The lowest BCUT2D eigenvalue weighted by molar-refractivity contribution is 0.0976. The van der Waals surface area contributed by atoms with Gasteiger partial charge in [0.2, 0.25) is 10.0 Å². The lowest BCUT2D eigenvalue weighted by Gasteiger charge is -2.15. The number of rotatable bonds is 5. The molecule has 0 aliphatic carbocycles. The molecule has 1 heterocycles. The molecule has 0 spiro atoms. The summed E-state index contributed by atoms with van der Waals surface area (Å²) in [5.74, 6) is -1.14. The van der Waals surface area contributed by atoms with Crippen molar-refractivity contribution in [1.82, 2.24) is 14.0 Å². The van der Waals surface area contributed by atoms with Gasteiger partial charge in [0, 0.05) is 14.1 Å². The van der Waals surface area contributed by atoms with E-state index in [4.69, 9.17) is 23.2 Å². The molecule has 0 bridgehead atoms. The van der Waals surface area contributed by atoms with Gasteiger partial charge in [0.25, 0.3) is 15.9 Å². The molecule has 26 heavy (non-hydrogen) atoms. The number of benzene rings is 1. The van der Waals surface area contributed by atoms with Gasteiger partial charge >= 0.3 is 0 Å². The molecule has 12 heteroatoms. The van der Waals surface area contributed by atoms with E-state index in [1.807, 2.05) is 0 Å². The summed E-state index contributed by atoms with van der Waals surface area (Å²) in [6.45, 7) is 0. The Balaban J connectivity index is 2.50. The van der Waals surface area contributed by atoms with Crippen LogP contribution in [-0.2, 0) is 20.0 Å². The summed E-state index contributed by atoms with van der Waals surface area (Å²) in [5, 5.41) is -0.177. The molecule has 1 N–H and O–H groups in total. The molecule has 0 unspecified atom stereocenters. The van der Waals surface area contributed by atoms with Crippen molar-refractivity contribution in [1.29, 1.82) is 0 Å². The first-order valence-corrected chi connectivity index (χ1v) is 10.6.